The first-order valence-electron chi connectivity index (χ1n) is 9.66. The zero-order valence-corrected chi connectivity index (χ0v) is 21.1. The number of aliphatic carboxylic acids is 1. The molecule has 0 radical (unpaired) electrons. The molecule has 0 saturated carbocycles. The summed E-state index contributed by atoms with van der Waals surface area (Å²) in [6.07, 6.45) is -0.640. The van der Waals surface area contributed by atoms with Crippen molar-refractivity contribution in [2.75, 3.05) is 18.5 Å². The van der Waals surface area contributed by atoms with Crippen LogP contribution in [-0.4, -0.2) is 56.3 Å². The second kappa shape index (κ2) is 13.8. The standard InChI is InChI=1S/C19H17Cl3N4O9S/c20-19(21,22)10-34-18(30)25-17-24-14(9-36-17)12(8-35-23-6-15(27)28)5-16(29)33-7-11-1-3-13(4-2-11)26(31)32/h1-4,6,9,12H,5,7-8,10H2,(H,27,28)(H,24,25,30)/b23-6-. The average Bonchev–Trinajstić information content (AvgIpc) is 3.26. The summed E-state index contributed by atoms with van der Waals surface area (Å²) in [5.74, 6) is -2.72. The van der Waals surface area contributed by atoms with Gasteiger partial charge in [0.25, 0.3) is 5.69 Å². The van der Waals surface area contributed by atoms with Crippen LogP contribution in [-0.2, 0) is 30.5 Å². The van der Waals surface area contributed by atoms with Crippen LogP contribution >= 0.6 is 46.1 Å². The van der Waals surface area contributed by atoms with Gasteiger partial charge in [0.2, 0.25) is 3.79 Å². The lowest BCUT2D eigenvalue weighted by Crippen LogP contribution is -2.21. The van der Waals surface area contributed by atoms with Crippen molar-refractivity contribution < 1.29 is 38.7 Å². The van der Waals surface area contributed by atoms with E-state index in [1.807, 2.05) is 0 Å². The number of nitrogens with zero attached hydrogens (tertiary/aromatic N) is 3. The Morgan fingerprint density at radius 1 is 1.25 bits per heavy atom. The number of aromatic nitrogens is 1. The van der Waals surface area contributed by atoms with Crippen LogP contribution < -0.4 is 5.32 Å². The Labute approximate surface area is 222 Å². The fraction of sp³-hybridized carbons (Fsp3) is 0.316. The molecule has 17 heteroatoms. The number of non-ortho nitro benzene ring substituents is 1. The van der Waals surface area contributed by atoms with Crippen molar-refractivity contribution in [3.05, 3.63) is 51.0 Å². The van der Waals surface area contributed by atoms with E-state index >= 15 is 0 Å². The number of anilines is 1. The first-order chi connectivity index (χ1) is 16.9. The molecule has 0 aliphatic rings. The number of thiazole rings is 1. The van der Waals surface area contributed by atoms with Gasteiger partial charge in [-0.15, -0.1) is 11.3 Å². The number of nitro benzene ring substituents is 1. The third-order valence-electron chi connectivity index (χ3n) is 3.99. The number of benzene rings is 1. The number of amides is 1. The van der Waals surface area contributed by atoms with Gasteiger partial charge in [-0.1, -0.05) is 40.0 Å². The quantitative estimate of drug-likeness (QED) is 0.120. The van der Waals surface area contributed by atoms with Gasteiger partial charge in [-0.25, -0.2) is 14.6 Å². The van der Waals surface area contributed by atoms with Crippen LogP contribution in [0.5, 0.6) is 0 Å². The molecule has 194 valence electrons. The molecule has 0 spiro atoms. The number of carbonyl (C=O) groups is 3. The normalized spacial score (nSPS) is 12.1. The molecule has 36 heavy (non-hydrogen) atoms. The Bertz CT molecular complexity index is 1110. The summed E-state index contributed by atoms with van der Waals surface area (Å²) in [6, 6.07) is 5.46. The highest BCUT2D eigenvalue weighted by Gasteiger charge is 2.24. The van der Waals surface area contributed by atoms with Gasteiger partial charge in [0.05, 0.1) is 17.0 Å². The summed E-state index contributed by atoms with van der Waals surface area (Å²) in [5.41, 5.74) is 0.740. The number of nitrogens with one attached hydrogen (secondary N) is 1. The van der Waals surface area contributed by atoms with Gasteiger partial charge in [-0.05, 0) is 17.7 Å². The van der Waals surface area contributed by atoms with E-state index in [2.05, 4.69) is 15.5 Å². The number of hydrogen-bond acceptors (Lipinski definition) is 11. The third kappa shape index (κ3) is 11.0. The van der Waals surface area contributed by atoms with Crippen LogP contribution in [0, 0.1) is 10.1 Å². The zero-order chi connectivity index (χ0) is 26.7. The van der Waals surface area contributed by atoms with Crippen molar-refractivity contribution in [3.8, 4) is 0 Å². The number of ether oxygens (including phenoxy) is 2. The van der Waals surface area contributed by atoms with Gasteiger partial charge in [0.1, 0.15) is 19.8 Å². The summed E-state index contributed by atoms with van der Waals surface area (Å²) in [7, 11) is 0. The minimum absolute atomic E-state index is 0.103. The lowest BCUT2D eigenvalue weighted by atomic mass is 10.0. The molecule has 0 aliphatic heterocycles. The maximum atomic E-state index is 12.4. The van der Waals surface area contributed by atoms with E-state index in [0.29, 0.717) is 17.5 Å². The van der Waals surface area contributed by atoms with E-state index in [4.69, 9.17) is 54.2 Å². The number of rotatable bonds is 12. The molecule has 1 unspecified atom stereocenters. The molecule has 0 bridgehead atoms. The molecule has 1 aromatic heterocycles. The molecule has 0 saturated heterocycles. The molecule has 2 N–H and O–H groups in total. The zero-order valence-electron chi connectivity index (χ0n) is 18.0. The van der Waals surface area contributed by atoms with E-state index in [0.717, 1.165) is 11.3 Å². The predicted octanol–water partition coefficient (Wildman–Crippen LogP) is 4.27. The molecule has 1 heterocycles. The first kappa shape index (κ1) is 29.0. The smallest absolute Gasteiger partial charge is 0.413 e. The lowest BCUT2D eigenvalue weighted by Gasteiger charge is -2.13. The Morgan fingerprint density at radius 2 is 1.94 bits per heavy atom. The summed E-state index contributed by atoms with van der Waals surface area (Å²) < 4.78 is 8.17. The molecule has 0 fully saturated rings. The maximum absolute atomic E-state index is 12.4. The van der Waals surface area contributed by atoms with Crippen LogP contribution in [0.15, 0.2) is 34.8 Å². The Morgan fingerprint density at radius 3 is 2.56 bits per heavy atom. The molecular formula is C19H17Cl3N4O9S. The molecule has 1 atom stereocenters. The largest absolute Gasteiger partial charge is 0.477 e. The van der Waals surface area contributed by atoms with Crippen molar-refractivity contribution in [1.29, 1.82) is 0 Å². The highest BCUT2D eigenvalue weighted by atomic mass is 35.6. The van der Waals surface area contributed by atoms with Crippen molar-refractivity contribution in [2.24, 2.45) is 5.16 Å². The number of carboxylic acids is 1. The predicted molar refractivity (Wildman–Crippen MR) is 130 cm³/mol. The van der Waals surface area contributed by atoms with E-state index < -0.39 is 39.3 Å². The number of oxime groups is 1. The van der Waals surface area contributed by atoms with Crippen molar-refractivity contribution in [2.45, 2.75) is 22.7 Å². The molecule has 13 nitrogen and oxygen atoms in total. The average molecular weight is 584 g/mol. The van der Waals surface area contributed by atoms with Crippen LogP contribution in [0.25, 0.3) is 0 Å². The van der Waals surface area contributed by atoms with Gasteiger partial charge in [0, 0.05) is 23.4 Å². The minimum Gasteiger partial charge on any atom is -0.477 e. The van der Waals surface area contributed by atoms with Gasteiger partial charge >= 0.3 is 18.0 Å². The molecular weight excluding hydrogens is 567 g/mol. The number of alkyl halides is 3. The van der Waals surface area contributed by atoms with Crippen LogP contribution in [0.2, 0.25) is 0 Å². The number of nitro groups is 1. The number of esters is 1. The minimum atomic E-state index is -1.79. The Kier molecular flexibility index (Phi) is 11.1. The Balaban J connectivity index is 2.01. The van der Waals surface area contributed by atoms with Gasteiger partial charge in [-0.2, -0.15) is 0 Å². The summed E-state index contributed by atoms with van der Waals surface area (Å²) >= 11 is 17.6. The molecule has 2 rings (SSSR count). The van der Waals surface area contributed by atoms with Crippen LogP contribution in [0.4, 0.5) is 15.6 Å². The summed E-state index contributed by atoms with van der Waals surface area (Å²) in [6.45, 7) is -0.877. The van der Waals surface area contributed by atoms with Crippen molar-refractivity contribution in [1.82, 2.24) is 4.98 Å². The van der Waals surface area contributed by atoms with Crippen molar-refractivity contribution >= 4 is 81.2 Å². The van der Waals surface area contributed by atoms with E-state index in [-0.39, 0.29) is 30.5 Å². The summed E-state index contributed by atoms with van der Waals surface area (Å²) in [4.78, 5) is 54.1. The SMILES string of the molecule is O=C(O)/C=N\OCC(CC(=O)OCc1ccc([N+](=O)[O-])cc1)c1csc(NC(=O)OCC(Cl)(Cl)Cl)n1. The highest BCUT2D eigenvalue weighted by Crippen LogP contribution is 2.28. The number of halogens is 3. The molecule has 1 aromatic carbocycles. The van der Waals surface area contributed by atoms with Gasteiger partial charge < -0.3 is 19.4 Å². The summed E-state index contributed by atoms with van der Waals surface area (Å²) in [5, 5.41) is 26.6. The third-order valence-corrected chi connectivity index (χ3v) is 5.09. The number of hydrogen-bond donors (Lipinski definition) is 2. The van der Waals surface area contributed by atoms with Crippen molar-refractivity contribution in [3.63, 3.8) is 0 Å². The Hall–Kier alpha value is -3.20. The number of carboxylic acid groups (broad SMARTS) is 1. The topological polar surface area (TPSA) is 180 Å². The van der Waals surface area contributed by atoms with E-state index in [1.54, 1.807) is 0 Å². The maximum Gasteiger partial charge on any atom is 0.413 e. The van der Waals surface area contributed by atoms with Gasteiger partial charge in [0.15, 0.2) is 11.3 Å². The lowest BCUT2D eigenvalue weighted by molar-refractivity contribution is -0.384. The van der Waals surface area contributed by atoms with Crippen LogP contribution in [0.3, 0.4) is 0 Å². The van der Waals surface area contributed by atoms with Gasteiger partial charge in [-0.3, -0.25) is 20.2 Å². The van der Waals surface area contributed by atoms with E-state index in [1.165, 1.54) is 29.6 Å². The molecule has 2 aromatic rings. The molecule has 1 amide bonds. The first-order valence-corrected chi connectivity index (χ1v) is 11.7. The molecule has 0 aliphatic carbocycles. The second-order valence-corrected chi connectivity index (χ2v) is 10.1. The van der Waals surface area contributed by atoms with E-state index in [9.17, 15) is 24.5 Å². The van der Waals surface area contributed by atoms with Crippen LogP contribution in [0.1, 0.15) is 23.6 Å². The second-order valence-electron chi connectivity index (χ2n) is 6.75. The fourth-order valence-corrected chi connectivity index (χ4v) is 3.35. The monoisotopic (exact) mass is 582 g/mol. The number of carbonyl (C=O) groups excluding carboxylic acids is 2. The fourth-order valence-electron chi connectivity index (χ4n) is 2.40. The highest BCUT2D eigenvalue weighted by molar-refractivity contribution is 7.13.